The Hall–Kier alpha value is -1.75. The predicted octanol–water partition coefficient (Wildman–Crippen LogP) is 1.80. The Bertz CT molecular complexity index is 529. The quantitative estimate of drug-likeness (QED) is 0.834. The highest BCUT2D eigenvalue weighted by Crippen LogP contribution is 2.41. The van der Waals surface area contributed by atoms with Gasteiger partial charge in [-0.1, -0.05) is 0 Å². The van der Waals surface area contributed by atoms with Crippen molar-refractivity contribution in [3.63, 3.8) is 0 Å². The maximum atomic E-state index is 12.1. The van der Waals surface area contributed by atoms with E-state index in [0.717, 1.165) is 30.9 Å². The number of rotatable bonds is 7. The molecule has 1 aromatic rings. The van der Waals surface area contributed by atoms with E-state index in [1.165, 1.54) is 11.1 Å². The van der Waals surface area contributed by atoms with E-state index < -0.39 is 0 Å². The molecule has 22 heavy (non-hydrogen) atoms. The molecule has 122 valence electrons. The number of ether oxygens (including phenoxy) is 2. The Kier molecular flexibility index (Phi) is 5.66. The van der Waals surface area contributed by atoms with Crippen LogP contribution >= 0.6 is 0 Å². The Balaban J connectivity index is 2.00. The van der Waals surface area contributed by atoms with Crippen LogP contribution in [0.15, 0.2) is 12.1 Å². The highest BCUT2D eigenvalue weighted by atomic mass is 16.5. The van der Waals surface area contributed by atoms with Gasteiger partial charge in [-0.05, 0) is 56.1 Å². The van der Waals surface area contributed by atoms with Crippen molar-refractivity contribution in [2.45, 2.75) is 25.2 Å². The molecule has 5 heteroatoms. The molecule has 0 radical (unpaired) electrons. The first-order chi connectivity index (χ1) is 10.5. The van der Waals surface area contributed by atoms with Crippen molar-refractivity contribution >= 4 is 5.91 Å². The lowest BCUT2D eigenvalue weighted by Crippen LogP contribution is -2.31. The van der Waals surface area contributed by atoms with Gasteiger partial charge in [0.25, 0.3) is 0 Å². The number of fused-ring (bicyclic) bond motifs is 1. The topological polar surface area (TPSA) is 50.8 Å². The molecule has 1 unspecified atom stereocenters. The molecule has 1 atom stereocenters. The van der Waals surface area contributed by atoms with Crippen LogP contribution in [-0.4, -0.2) is 52.2 Å². The van der Waals surface area contributed by atoms with Gasteiger partial charge in [-0.2, -0.15) is 0 Å². The SMILES string of the molecule is COc1cc2c(cc1OC)C(CC(=O)NCCN(C)C)CC2. The number of carbonyl (C=O) groups is 1. The van der Waals surface area contributed by atoms with E-state index in [1.807, 2.05) is 26.2 Å². The molecule has 1 aliphatic carbocycles. The predicted molar refractivity (Wildman–Crippen MR) is 86.8 cm³/mol. The molecular formula is C17H26N2O3. The summed E-state index contributed by atoms with van der Waals surface area (Å²) in [4.78, 5) is 14.1. The van der Waals surface area contributed by atoms with Crippen LogP contribution < -0.4 is 14.8 Å². The number of methoxy groups -OCH3 is 2. The smallest absolute Gasteiger partial charge is 0.220 e. The van der Waals surface area contributed by atoms with Gasteiger partial charge in [0.2, 0.25) is 5.91 Å². The van der Waals surface area contributed by atoms with Gasteiger partial charge in [-0.15, -0.1) is 0 Å². The Morgan fingerprint density at radius 1 is 1.27 bits per heavy atom. The van der Waals surface area contributed by atoms with Gasteiger partial charge < -0.3 is 19.7 Å². The van der Waals surface area contributed by atoms with Crippen molar-refractivity contribution in [2.75, 3.05) is 41.4 Å². The zero-order chi connectivity index (χ0) is 16.1. The second kappa shape index (κ2) is 7.49. The third kappa shape index (κ3) is 3.91. The molecule has 0 saturated carbocycles. The van der Waals surface area contributed by atoms with Crippen molar-refractivity contribution in [1.82, 2.24) is 10.2 Å². The highest BCUT2D eigenvalue weighted by Gasteiger charge is 2.26. The fourth-order valence-electron chi connectivity index (χ4n) is 2.95. The molecule has 0 aromatic heterocycles. The van der Waals surface area contributed by atoms with Gasteiger partial charge in [0.05, 0.1) is 14.2 Å². The second-order valence-corrected chi connectivity index (χ2v) is 6.00. The van der Waals surface area contributed by atoms with Crippen LogP contribution in [0.1, 0.15) is 29.9 Å². The van der Waals surface area contributed by atoms with Crippen LogP contribution in [0.2, 0.25) is 0 Å². The van der Waals surface area contributed by atoms with Crippen molar-refractivity contribution in [3.8, 4) is 11.5 Å². The first-order valence-electron chi connectivity index (χ1n) is 7.71. The van der Waals surface area contributed by atoms with Gasteiger partial charge >= 0.3 is 0 Å². The molecule has 1 aromatic carbocycles. The molecule has 0 heterocycles. The zero-order valence-electron chi connectivity index (χ0n) is 13.9. The summed E-state index contributed by atoms with van der Waals surface area (Å²) in [5.41, 5.74) is 2.49. The molecule has 0 bridgehead atoms. The fourth-order valence-corrected chi connectivity index (χ4v) is 2.95. The number of hydrogen-bond acceptors (Lipinski definition) is 4. The fraction of sp³-hybridized carbons (Fsp3) is 0.588. The van der Waals surface area contributed by atoms with Gasteiger partial charge in [0, 0.05) is 19.5 Å². The van der Waals surface area contributed by atoms with E-state index in [1.54, 1.807) is 14.2 Å². The third-order valence-corrected chi connectivity index (χ3v) is 4.16. The number of hydrogen-bond donors (Lipinski definition) is 1. The van der Waals surface area contributed by atoms with E-state index in [-0.39, 0.29) is 11.8 Å². The number of nitrogens with zero attached hydrogens (tertiary/aromatic N) is 1. The average molecular weight is 306 g/mol. The molecule has 1 N–H and O–H groups in total. The average Bonchev–Trinajstić information content (AvgIpc) is 2.87. The van der Waals surface area contributed by atoms with Crippen LogP contribution in [0.5, 0.6) is 11.5 Å². The van der Waals surface area contributed by atoms with E-state index in [4.69, 9.17) is 9.47 Å². The number of amides is 1. The molecule has 1 amide bonds. The van der Waals surface area contributed by atoms with Crippen LogP contribution in [0.3, 0.4) is 0 Å². The Morgan fingerprint density at radius 3 is 2.59 bits per heavy atom. The maximum Gasteiger partial charge on any atom is 0.220 e. The van der Waals surface area contributed by atoms with Gasteiger partial charge in [-0.25, -0.2) is 0 Å². The van der Waals surface area contributed by atoms with Crippen molar-refractivity contribution in [3.05, 3.63) is 23.3 Å². The highest BCUT2D eigenvalue weighted by molar-refractivity contribution is 5.77. The van der Waals surface area contributed by atoms with Gasteiger partial charge in [0.15, 0.2) is 11.5 Å². The lowest BCUT2D eigenvalue weighted by molar-refractivity contribution is -0.121. The molecule has 5 nitrogen and oxygen atoms in total. The van der Waals surface area contributed by atoms with Gasteiger partial charge in [-0.3, -0.25) is 4.79 Å². The van der Waals surface area contributed by atoms with Crippen LogP contribution in [0.25, 0.3) is 0 Å². The summed E-state index contributed by atoms with van der Waals surface area (Å²) >= 11 is 0. The maximum absolute atomic E-state index is 12.1. The minimum Gasteiger partial charge on any atom is -0.493 e. The molecule has 0 fully saturated rings. The number of aryl methyl sites for hydroxylation is 1. The third-order valence-electron chi connectivity index (χ3n) is 4.16. The monoisotopic (exact) mass is 306 g/mol. The number of carbonyl (C=O) groups excluding carboxylic acids is 1. The lowest BCUT2D eigenvalue weighted by Gasteiger charge is -2.15. The van der Waals surface area contributed by atoms with Crippen molar-refractivity contribution in [2.24, 2.45) is 0 Å². The molecule has 2 rings (SSSR count). The number of likely N-dealkylation sites (N-methyl/N-ethyl adjacent to an activating group) is 1. The summed E-state index contributed by atoms with van der Waals surface area (Å²) < 4.78 is 10.7. The summed E-state index contributed by atoms with van der Waals surface area (Å²) in [5, 5.41) is 2.99. The van der Waals surface area contributed by atoms with Gasteiger partial charge in [0.1, 0.15) is 0 Å². The molecule has 0 aliphatic heterocycles. The van der Waals surface area contributed by atoms with E-state index in [9.17, 15) is 4.79 Å². The van der Waals surface area contributed by atoms with Crippen LogP contribution in [-0.2, 0) is 11.2 Å². The zero-order valence-corrected chi connectivity index (χ0v) is 13.9. The lowest BCUT2D eigenvalue weighted by atomic mass is 9.97. The summed E-state index contributed by atoms with van der Waals surface area (Å²) in [6.07, 6.45) is 2.54. The van der Waals surface area contributed by atoms with Crippen LogP contribution in [0.4, 0.5) is 0 Å². The van der Waals surface area contributed by atoms with E-state index >= 15 is 0 Å². The van der Waals surface area contributed by atoms with Crippen molar-refractivity contribution < 1.29 is 14.3 Å². The van der Waals surface area contributed by atoms with E-state index in [2.05, 4.69) is 10.2 Å². The second-order valence-electron chi connectivity index (χ2n) is 6.00. The first-order valence-corrected chi connectivity index (χ1v) is 7.71. The summed E-state index contributed by atoms with van der Waals surface area (Å²) in [6, 6.07) is 4.07. The molecular weight excluding hydrogens is 280 g/mol. The minimum atomic E-state index is 0.120. The Labute approximate surface area is 132 Å². The summed E-state index contributed by atoms with van der Waals surface area (Å²) in [5.74, 6) is 1.89. The summed E-state index contributed by atoms with van der Waals surface area (Å²) in [6.45, 7) is 1.55. The molecule has 0 spiro atoms. The van der Waals surface area contributed by atoms with E-state index in [0.29, 0.717) is 13.0 Å². The normalized spacial score (nSPS) is 16.5. The number of benzene rings is 1. The molecule has 0 saturated heterocycles. The standard InChI is InChI=1S/C17H26N2O3/c1-19(2)8-7-18-17(20)10-13-6-5-12-9-15(21-3)16(22-4)11-14(12)13/h9,11,13H,5-8,10H2,1-4H3,(H,18,20). The minimum absolute atomic E-state index is 0.120. The van der Waals surface area contributed by atoms with Crippen molar-refractivity contribution in [1.29, 1.82) is 0 Å². The molecule has 1 aliphatic rings. The number of nitrogens with one attached hydrogen (secondary N) is 1. The largest absolute Gasteiger partial charge is 0.493 e. The van der Waals surface area contributed by atoms with Crippen LogP contribution in [0, 0.1) is 0 Å². The summed E-state index contributed by atoms with van der Waals surface area (Å²) in [7, 11) is 7.29. The first kappa shape index (κ1) is 16.6. The Morgan fingerprint density at radius 2 is 1.95 bits per heavy atom.